The smallest absolute Gasteiger partial charge is 0.220 e. The van der Waals surface area contributed by atoms with Gasteiger partial charge in [0.15, 0.2) is 0 Å². The van der Waals surface area contributed by atoms with Gasteiger partial charge >= 0.3 is 0 Å². The van der Waals surface area contributed by atoms with Crippen molar-refractivity contribution in [3.63, 3.8) is 0 Å². The number of hydrogen-bond acceptors (Lipinski definition) is 1. The van der Waals surface area contributed by atoms with E-state index in [1.54, 1.807) is 0 Å². The standard InChI is InChI=1S/C13H27NO/c1-10(13(5,6)7)8-11(15)14-9-12(2,3)4/h10H,8-9H2,1-7H3,(H,14,15)/t10-/m1/s1. The summed E-state index contributed by atoms with van der Waals surface area (Å²) in [6.07, 6.45) is 0.625. The molecule has 0 bridgehead atoms. The topological polar surface area (TPSA) is 29.1 Å². The van der Waals surface area contributed by atoms with Gasteiger partial charge in [-0.15, -0.1) is 0 Å². The molecule has 1 atom stereocenters. The largest absolute Gasteiger partial charge is 0.356 e. The average Bonchev–Trinajstić information content (AvgIpc) is 1.97. The summed E-state index contributed by atoms with van der Waals surface area (Å²) in [6, 6.07) is 0. The molecule has 0 rings (SSSR count). The van der Waals surface area contributed by atoms with Crippen LogP contribution in [0.15, 0.2) is 0 Å². The summed E-state index contributed by atoms with van der Waals surface area (Å²) in [5.41, 5.74) is 0.375. The van der Waals surface area contributed by atoms with Gasteiger partial charge in [-0.25, -0.2) is 0 Å². The first-order valence-electron chi connectivity index (χ1n) is 5.79. The number of amides is 1. The zero-order valence-electron chi connectivity index (χ0n) is 11.4. The molecule has 0 aliphatic heterocycles. The van der Waals surface area contributed by atoms with Crippen molar-refractivity contribution >= 4 is 5.91 Å². The molecule has 0 unspecified atom stereocenters. The van der Waals surface area contributed by atoms with Crippen molar-refractivity contribution in [3.8, 4) is 0 Å². The number of hydrogen-bond donors (Lipinski definition) is 1. The zero-order valence-corrected chi connectivity index (χ0v) is 11.4. The van der Waals surface area contributed by atoms with Crippen LogP contribution in [0.4, 0.5) is 0 Å². The van der Waals surface area contributed by atoms with Crippen LogP contribution in [0.3, 0.4) is 0 Å². The third-order valence-electron chi connectivity index (χ3n) is 2.79. The number of nitrogens with one attached hydrogen (secondary N) is 1. The molecule has 0 spiro atoms. The van der Waals surface area contributed by atoms with Crippen LogP contribution < -0.4 is 5.32 Å². The fourth-order valence-corrected chi connectivity index (χ4v) is 1.02. The molecule has 0 aromatic rings. The molecule has 0 aliphatic rings. The van der Waals surface area contributed by atoms with Gasteiger partial charge in [0, 0.05) is 13.0 Å². The molecule has 0 heterocycles. The third kappa shape index (κ3) is 7.40. The highest BCUT2D eigenvalue weighted by Crippen LogP contribution is 2.27. The van der Waals surface area contributed by atoms with Crippen LogP contribution in [-0.4, -0.2) is 12.5 Å². The van der Waals surface area contributed by atoms with Gasteiger partial charge in [0.05, 0.1) is 0 Å². The molecule has 0 saturated heterocycles. The van der Waals surface area contributed by atoms with Crippen molar-refractivity contribution in [2.45, 2.75) is 54.9 Å². The lowest BCUT2D eigenvalue weighted by Gasteiger charge is -2.27. The Balaban J connectivity index is 3.96. The van der Waals surface area contributed by atoms with E-state index in [0.717, 1.165) is 6.54 Å². The van der Waals surface area contributed by atoms with Gasteiger partial charge in [0.1, 0.15) is 0 Å². The summed E-state index contributed by atoms with van der Waals surface area (Å²) in [5.74, 6) is 0.588. The molecule has 2 heteroatoms. The molecule has 0 saturated carbocycles. The second kappa shape index (κ2) is 5.00. The fraction of sp³-hybridized carbons (Fsp3) is 0.923. The van der Waals surface area contributed by atoms with E-state index in [2.05, 4.69) is 53.8 Å². The minimum Gasteiger partial charge on any atom is -0.356 e. The highest BCUT2D eigenvalue weighted by atomic mass is 16.1. The van der Waals surface area contributed by atoms with Gasteiger partial charge in [-0.1, -0.05) is 48.5 Å². The van der Waals surface area contributed by atoms with Gasteiger partial charge in [0.25, 0.3) is 0 Å². The predicted molar refractivity (Wildman–Crippen MR) is 65.7 cm³/mol. The van der Waals surface area contributed by atoms with Gasteiger partial charge in [-0.3, -0.25) is 4.79 Å². The molecule has 0 fully saturated rings. The third-order valence-corrected chi connectivity index (χ3v) is 2.79. The predicted octanol–water partition coefficient (Wildman–Crippen LogP) is 3.22. The Hall–Kier alpha value is -0.530. The maximum atomic E-state index is 11.6. The molecular formula is C13H27NO. The lowest BCUT2D eigenvalue weighted by Crippen LogP contribution is -2.34. The van der Waals surface area contributed by atoms with E-state index in [9.17, 15) is 4.79 Å². The Morgan fingerprint density at radius 2 is 1.60 bits per heavy atom. The quantitative estimate of drug-likeness (QED) is 0.766. The maximum Gasteiger partial charge on any atom is 0.220 e. The van der Waals surface area contributed by atoms with Crippen molar-refractivity contribution in [1.29, 1.82) is 0 Å². The first-order valence-corrected chi connectivity index (χ1v) is 5.79. The van der Waals surface area contributed by atoms with Crippen molar-refractivity contribution in [2.24, 2.45) is 16.7 Å². The van der Waals surface area contributed by atoms with Crippen LogP contribution >= 0.6 is 0 Å². The number of carbonyl (C=O) groups is 1. The molecule has 2 nitrogen and oxygen atoms in total. The molecule has 0 aliphatic carbocycles. The van der Waals surface area contributed by atoms with Crippen molar-refractivity contribution in [1.82, 2.24) is 5.32 Å². The second-order valence-electron chi connectivity index (χ2n) is 6.81. The van der Waals surface area contributed by atoms with E-state index in [4.69, 9.17) is 0 Å². The summed E-state index contributed by atoms with van der Waals surface area (Å²) < 4.78 is 0. The van der Waals surface area contributed by atoms with Crippen LogP contribution in [-0.2, 0) is 4.79 Å². The Labute approximate surface area is 94.8 Å². The number of carbonyl (C=O) groups excluding carboxylic acids is 1. The van der Waals surface area contributed by atoms with Gasteiger partial charge in [-0.05, 0) is 16.7 Å². The van der Waals surface area contributed by atoms with Crippen LogP contribution in [0.2, 0.25) is 0 Å². The first-order chi connectivity index (χ1) is 6.52. The highest BCUT2D eigenvalue weighted by Gasteiger charge is 2.23. The van der Waals surface area contributed by atoms with E-state index in [1.807, 2.05) is 0 Å². The van der Waals surface area contributed by atoms with E-state index >= 15 is 0 Å². The van der Waals surface area contributed by atoms with Crippen molar-refractivity contribution < 1.29 is 4.79 Å². The molecular weight excluding hydrogens is 186 g/mol. The lowest BCUT2D eigenvalue weighted by atomic mass is 9.80. The van der Waals surface area contributed by atoms with Crippen LogP contribution in [0.5, 0.6) is 0 Å². The molecule has 1 amide bonds. The van der Waals surface area contributed by atoms with Crippen LogP contribution in [0, 0.1) is 16.7 Å². The summed E-state index contributed by atoms with van der Waals surface area (Å²) >= 11 is 0. The molecule has 1 N–H and O–H groups in total. The van der Waals surface area contributed by atoms with E-state index in [0.29, 0.717) is 12.3 Å². The maximum absolute atomic E-state index is 11.6. The Bertz CT molecular complexity index is 208. The van der Waals surface area contributed by atoms with Gasteiger partial charge < -0.3 is 5.32 Å². The Morgan fingerprint density at radius 3 is 1.93 bits per heavy atom. The summed E-state index contributed by atoms with van der Waals surface area (Å²) in [5, 5.41) is 2.99. The number of rotatable bonds is 3. The average molecular weight is 213 g/mol. The second-order valence-corrected chi connectivity index (χ2v) is 6.81. The minimum atomic E-state index is 0.167. The van der Waals surface area contributed by atoms with Gasteiger partial charge in [0.2, 0.25) is 5.91 Å². The summed E-state index contributed by atoms with van der Waals surface area (Å²) in [4.78, 5) is 11.6. The molecule has 15 heavy (non-hydrogen) atoms. The van der Waals surface area contributed by atoms with Gasteiger partial charge in [-0.2, -0.15) is 0 Å². The molecule has 0 radical (unpaired) electrons. The van der Waals surface area contributed by atoms with Crippen LogP contribution in [0.25, 0.3) is 0 Å². The fourth-order valence-electron chi connectivity index (χ4n) is 1.02. The van der Waals surface area contributed by atoms with Crippen molar-refractivity contribution in [3.05, 3.63) is 0 Å². The first kappa shape index (κ1) is 14.5. The minimum absolute atomic E-state index is 0.167. The SMILES string of the molecule is C[C@H](CC(=O)NCC(C)(C)C)C(C)(C)C. The monoisotopic (exact) mass is 213 g/mol. The molecule has 90 valence electrons. The van der Waals surface area contributed by atoms with E-state index in [-0.39, 0.29) is 16.7 Å². The molecule has 0 aromatic carbocycles. The summed E-state index contributed by atoms with van der Waals surface area (Å²) in [6.45, 7) is 15.8. The lowest BCUT2D eigenvalue weighted by molar-refractivity contribution is -0.123. The van der Waals surface area contributed by atoms with Crippen LogP contribution in [0.1, 0.15) is 54.9 Å². The Morgan fingerprint density at radius 1 is 1.13 bits per heavy atom. The normalized spacial score (nSPS) is 14.9. The van der Waals surface area contributed by atoms with E-state index in [1.165, 1.54) is 0 Å². The van der Waals surface area contributed by atoms with Crippen molar-refractivity contribution in [2.75, 3.05) is 6.54 Å². The zero-order chi connectivity index (χ0) is 12.3. The highest BCUT2D eigenvalue weighted by molar-refractivity contribution is 5.76. The Kier molecular flexibility index (Phi) is 4.82. The summed E-state index contributed by atoms with van der Waals surface area (Å²) in [7, 11) is 0. The van der Waals surface area contributed by atoms with E-state index < -0.39 is 0 Å². The molecule has 0 aromatic heterocycles.